The van der Waals surface area contributed by atoms with Crippen LogP contribution in [-0.2, 0) is 0 Å². The molecule has 0 aliphatic carbocycles. The average Bonchev–Trinajstić information content (AvgIpc) is 2.36. The highest BCUT2D eigenvalue weighted by atomic mass is 16.5. The third-order valence-electron chi connectivity index (χ3n) is 2.27. The molecule has 18 heavy (non-hydrogen) atoms. The van der Waals surface area contributed by atoms with E-state index in [0.29, 0.717) is 24.0 Å². The van der Waals surface area contributed by atoms with Crippen molar-refractivity contribution in [3.8, 4) is 5.88 Å². The largest absolute Gasteiger partial charge is 0.476 e. The molecule has 1 atom stereocenters. The number of rotatable bonds is 7. The van der Waals surface area contributed by atoms with Crippen LogP contribution in [0.2, 0.25) is 0 Å². The number of nitrogen functional groups attached to an aromatic ring is 1. The number of aliphatic hydroxyl groups excluding tert-OH is 1. The van der Waals surface area contributed by atoms with Crippen molar-refractivity contribution in [1.82, 2.24) is 9.97 Å². The van der Waals surface area contributed by atoms with Gasteiger partial charge in [-0.3, -0.25) is 0 Å². The van der Waals surface area contributed by atoms with Crippen molar-refractivity contribution in [2.24, 2.45) is 0 Å². The molecule has 1 aromatic rings. The number of nitrogens with two attached hydrogens (primary N) is 1. The first-order valence-electron chi connectivity index (χ1n) is 5.80. The van der Waals surface area contributed by atoms with Crippen LogP contribution in [0, 0.1) is 0 Å². The van der Waals surface area contributed by atoms with E-state index in [2.05, 4.69) is 15.3 Å². The van der Waals surface area contributed by atoms with Gasteiger partial charge in [0.25, 0.3) is 0 Å². The SMILES string of the molecule is CCCOc1ncnc(NCC(C)(O)CO)c1N. The Morgan fingerprint density at radius 1 is 1.50 bits per heavy atom. The topological polar surface area (TPSA) is 114 Å². The van der Waals surface area contributed by atoms with Gasteiger partial charge in [0.05, 0.1) is 13.2 Å². The standard InChI is InChI=1S/C11H20N4O3/c1-3-4-18-10-8(12)9(14-7-15-10)13-5-11(2,17)6-16/h7,16-17H,3-6,12H2,1-2H3,(H,13,14,15). The van der Waals surface area contributed by atoms with E-state index in [1.54, 1.807) is 0 Å². The number of anilines is 2. The molecule has 0 radical (unpaired) electrons. The minimum atomic E-state index is -1.23. The Bertz CT molecular complexity index is 385. The van der Waals surface area contributed by atoms with Crippen molar-refractivity contribution in [3.05, 3.63) is 6.33 Å². The summed E-state index contributed by atoms with van der Waals surface area (Å²) in [5, 5.41) is 21.4. The molecule has 5 N–H and O–H groups in total. The van der Waals surface area contributed by atoms with Gasteiger partial charge in [0.15, 0.2) is 5.82 Å². The molecule has 1 heterocycles. The van der Waals surface area contributed by atoms with Crippen LogP contribution < -0.4 is 15.8 Å². The first-order chi connectivity index (χ1) is 8.50. The van der Waals surface area contributed by atoms with Gasteiger partial charge in [-0.15, -0.1) is 0 Å². The number of nitrogens with one attached hydrogen (secondary N) is 1. The fourth-order valence-electron chi connectivity index (χ4n) is 1.16. The van der Waals surface area contributed by atoms with Gasteiger partial charge in [-0.1, -0.05) is 6.92 Å². The van der Waals surface area contributed by atoms with Gasteiger partial charge in [0.2, 0.25) is 5.88 Å². The molecule has 0 bridgehead atoms. The number of nitrogens with zero attached hydrogens (tertiary/aromatic N) is 2. The zero-order valence-electron chi connectivity index (χ0n) is 10.7. The molecule has 102 valence electrons. The summed E-state index contributed by atoms with van der Waals surface area (Å²) in [5.41, 5.74) is 4.90. The van der Waals surface area contributed by atoms with Crippen LogP contribution in [0.15, 0.2) is 6.33 Å². The maximum atomic E-state index is 9.66. The lowest BCUT2D eigenvalue weighted by atomic mass is 10.1. The van der Waals surface area contributed by atoms with Gasteiger partial charge >= 0.3 is 0 Å². The van der Waals surface area contributed by atoms with Crippen molar-refractivity contribution < 1.29 is 14.9 Å². The molecule has 1 unspecified atom stereocenters. The van der Waals surface area contributed by atoms with E-state index in [4.69, 9.17) is 15.6 Å². The monoisotopic (exact) mass is 256 g/mol. The van der Waals surface area contributed by atoms with E-state index < -0.39 is 5.60 Å². The maximum Gasteiger partial charge on any atom is 0.242 e. The van der Waals surface area contributed by atoms with E-state index >= 15 is 0 Å². The second-order valence-electron chi connectivity index (χ2n) is 4.30. The predicted molar refractivity (Wildman–Crippen MR) is 68.4 cm³/mol. The van der Waals surface area contributed by atoms with E-state index in [1.165, 1.54) is 13.3 Å². The van der Waals surface area contributed by atoms with Gasteiger partial charge < -0.3 is 26.0 Å². The zero-order chi connectivity index (χ0) is 13.6. The number of hydrogen-bond acceptors (Lipinski definition) is 7. The Kier molecular flexibility index (Phi) is 5.11. The van der Waals surface area contributed by atoms with Crippen molar-refractivity contribution in [1.29, 1.82) is 0 Å². The fourth-order valence-corrected chi connectivity index (χ4v) is 1.16. The lowest BCUT2D eigenvalue weighted by Gasteiger charge is -2.21. The molecule has 0 saturated carbocycles. The molecule has 0 spiro atoms. The molecular formula is C11H20N4O3. The summed E-state index contributed by atoms with van der Waals surface area (Å²) in [5.74, 6) is 0.697. The van der Waals surface area contributed by atoms with Crippen LogP contribution in [0.5, 0.6) is 5.88 Å². The van der Waals surface area contributed by atoms with Gasteiger partial charge in [-0.05, 0) is 13.3 Å². The Morgan fingerprint density at radius 2 is 2.22 bits per heavy atom. The summed E-state index contributed by atoms with van der Waals surface area (Å²) in [7, 11) is 0. The molecule has 0 aromatic carbocycles. The Morgan fingerprint density at radius 3 is 2.83 bits per heavy atom. The highest BCUT2D eigenvalue weighted by Gasteiger charge is 2.20. The van der Waals surface area contributed by atoms with E-state index in [0.717, 1.165) is 6.42 Å². The molecule has 7 heteroatoms. The van der Waals surface area contributed by atoms with Crippen molar-refractivity contribution >= 4 is 11.5 Å². The smallest absolute Gasteiger partial charge is 0.242 e. The Hall–Kier alpha value is -1.60. The van der Waals surface area contributed by atoms with Crippen LogP contribution in [-0.4, -0.2) is 45.5 Å². The molecule has 0 aliphatic heterocycles. The second kappa shape index (κ2) is 6.36. The zero-order valence-corrected chi connectivity index (χ0v) is 10.7. The molecule has 1 aromatic heterocycles. The van der Waals surface area contributed by atoms with Gasteiger partial charge in [0.1, 0.15) is 17.6 Å². The van der Waals surface area contributed by atoms with Crippen LogP contribution in [0.25, 0.3) is 0 Å². The summed E-state index contributed by atoms with van der Waals surface area (Å²) in [6.45, 7) is 3.78. The molecular weight excluding hydrogens is 236 g/mol. The van der Waals surface area contributed by atoms with Crippen molar-refractivity contribution in [2.75, 3.05) is 30.8 Å². The average molecular weight is 256 g/mol. The van der Waals surface area contributed by atoms with Gasteiger partial charge in [-0.25, -0.2) is 4.98 Å². The predicted octanol–water partition coefficient (Wildman–Crippen LogP) is 0.00280. The van der Waals surface area contributed by atoms with Gasteiger partial charge in [0, 0.05) is 6.54 Å². The van der Waals surface area contributed by atoms with E-state index in [1.807, 2.05) is 6.92 Å². The number of hydrogen-bond donors (Lipinski definition) is 4. The first kappa shape index (κ1) is 14.5. The highest BCUT2D eigenvalue weighted by Crippen LogP contribution is 2.24. The molecule has 7 nitrogen and oxygen atoms in total. The quantitative estimate of drug-likeness (QED) is 0.543. The van der Waals surface area contributed by atoms with E-state index in [9.17, 15) is 5.11 Å². The second-order valence-corrected chi connectivity index (χ2v) is 4.30. The maximum absolute atomic E-state index is 9.66. The summed E-state index contributed by atoms with van der Waals surface area (Å²) in [6.07, 6.45) is 2.18. The van der Waals surface area contributed by atoms with Crippen molar-refractivity contribution in [2.45, 2.75) is 25.9 Å². The minimum Gasteiger partial charge on any atom is -0.476 e. The first-order valence-corrected chi connectivity index (χ1v) is 5.80. The Labute approximate surface area is 106 Å². The fraction of sp³-hybridized carbons (Fsp3) is 0.636. The Balaban J connectivity index is 2.71. The normalized spacial score (nSPS) is 14.0. The van der Waals surface area contributed by atoms with Crippen molar-refractivity contribution in [3.63, 3.8) is 0 Å². The van der Waals surface area contributed by atoms with Gasteiger partial charge in [-0.2, -0.15) is 4.98 Å². The summed E-state index contributed by atoms with van der Waals surface area (Å²) >= 11 is 0. The lowest BCUT2D eigenvalue weighted by molar-refractivity contribution is 0.0132. The lowest BCUT2D eigenvalue weighted by Crippen LogP contribution is -2.37. The highest BCUT2D eigenvalue weighted by molar-refractivity contribution is 5.66. The molecule has 0 saturated heterocycles. The van der Waals surface area contributed by atoms with Crippen LogP contribution in [0.3, 0.4) is 0 Å². The number of ether oxygens (including phenoxy) is 1. The third kappa shape index (κ3) is 4.01. The van der Waals surface area contributed by atoms with Crippen LogP contribution in [0.1, 0.15) is 20.3 Å². The molecule has 0 aliphatic rings. The molecule has 0 amide bonds. The molecule has 0 fully saturated rings. The summed E-state index contributed by atoms with van der Waals surface area (Å²) < 4.78 is 5.36. The van der Waals surface area contributed by atoms with Crippen LogP contribution >= 0.6 is 0 Å². The number of aliphatic hydroxyl groups is 2. The summed E-state index contributed by atoms with van der Waals surface area (Å²) in [6, 6.07) is 0. The minimum absolute atomic E-state index is 0.123. The summed E-state index contributed by atoms with van der Waals surface area (Å²) in [4.78, 5) is 7.90. The molecule has 1 rings (SSSR count). The van der Waals surface area contributed by atoms with E-state index in [-0.39, 0.29) is 13.2 Å². The van der Waals surface area contributed by atoms with Crippen LogP contribution in [0.4, 0.5) is 11.5 Å². The number of aromatic nitrogens is 2. The third-order valence-corrected chi connectivity index (χ3v) is 2.27.